The van der Waals surface area contributed by atoms with Crippen molar-refractivity contribution in [1.82, 2.24) is 4.90 Å². The number of aliphatic hydroxyl groups is 1. The molecular weight excluding hydrogens is 326 g/mol. The number of rotatable bonds is 3. The molecule has 1 heterocycles. The number of para-hydroxylation sites is 2. The predicted octanol–water partition coefficient (Wildman–Crippen LogP) is 1.93. The zero-order valence-electron chi connectivity index (χ0n) is 15.3. The summed E-state index contributed by atoms with van der Waals surface area (Å²) in [7, 11) is 1.72. The van der Waals surface area contributed by atoms with Crippen LogP contribution in [0.4, 0.5) is 11.4 Å². The lowest BCUT2D eigenvalue weighted by atomic mass is 9.84. The Morgan fingerprint density at radius 3 is 2.54 bits per heavy atom. The molecule has 2 aliphatic rings. The number of hydrogen-bond donors (Lipinski definition) is 2. The van der Waals surface area contributed by atoms with E-state index in [0.717, 1.165) is 49.7 Å². The van der Waals surface area contributed by atoms with Gasteiger partial charge in [0.05, 0.1) is 18.9 Å². The number of piperazine rings is 1. The standard InChI is InChI=1S/C21H27N3O2/c1-26-21-8-3-2-7-18(21)23-9-11-24(12-10-23)19-14-16-15(13-20(19)25)5-4-6-17(16)22/h2-8,19-20,25H,9-14,22H2,1H3/t19-,20-/m0/s1. The highest BCUT2D eigenvalue weighted by atomic mass is 16.5. The Kier molecular flexibility index (Phi) is 4.74. The number of ether oxygens (including phenoxy) is 1. The van der Waals surface area contributed by atoms with Gasteiger partial charge in [-0.05, 0) is 35.7 Å². The van der Waals surface area contributed by atoms with Crippen molar-refractivity contribution in [2.45, 2.75) is 25.0 Å². The van der Waals surface area contributed by atoms with Crippen molar-refractivity contribution in [1.29, 1.82) is 0 Å². The SMILES string of the molecule is COc1ccccc1N1CCN([C@H]2Cc3c(N)cccc3C[C@@H]2O)CC1. The van der Waals surface area contributed by atoms with Crippen LogP contribution in [0.5, 0.6) is 5.75 Å². The van der Waals surface area contributed by atoms with Crippen LogP contribution in [0, 0.1) is 0 Å². The van der Waals surface area contributed by atoms with Gasteiger partial charge in [0.15, 0.2) is 0 Å². The fourth-order valence-corrected chi connectivity index (χ4v) is 4.36. The van der Waals surface area contributed by atoms with Crippen LogP contribution in [0.2, 0.25) is 0 Å². The number of nitrogens with two attached hydrogens (primary N) is 1. The first-order chi connectivity index (χ1) is 12.7. The van der Waals surface area contributed by atoms with Crippen LogP contribution in [0.25, 0.3) is 0 Å². The maximum absolute atomic E-state index is 10.7. The van der Waals surface area contributed by atoms with Crippen LogP contribution in [0.1, 0.15) is 11.1 Å². The molecule has 5 nitrogen and oxygen atoms in total. The smallest absolute Gasteiger partial charge is 0.142 e. The summed E-state index contributed by atoms with van der Waals surface area (Å²) in [5.41, 5.74) is 10.6. The van der Waals surface area contributed by atoms with Gasteiger partial charge < -0.3 is 20.5 Å². The Morgan fingerprint density at radius 2 is 1.77 bits per heavy atom. The number of benzene rings is 2. The molecule has 2 atom stereocenters. The van der Waals surface area contributed by atoms with Gasteiger partial charge in [0.25, 0.3) is 0 Å². The maximum atomic E-state index is 10.7. The molecule has 3 N–H and O–H groups in total. The average Bonchev–Trinajstić information content (AvgIpc) is 2.68. The van der Waals surface area contributed by atoms with Crippen molar-refractivity contribution >= 4 is 11.4 Å². The van der Waals surface area contributed by atoms with Gasteiger partial charge in [0.2, 0.25) is 0 Å². The first-order valence-electron chi connectivity index (χ1n) is 9.33. The van der Waals surface area contributed by atoms with Crippen molar-refractivity contribution in [3.8, 4) is 5.75 Å². The Bertz CT molecular complexity index is 772. The average molecular weight is 353 g/mol. The van der Waals surface area contributed by atoms with E-state index < -0.39 is 0 Å². The van der Waals surface area contributed by atoms with Gasteiger partial charge in [0, 0.05) is 44.3 Å². The Labute approximate surface area is 155 Å². The van der Waals surface area contributed by atoms with E-state index in [2.05, 4.69) is 28.0 Å². The highest BCUT2D eigenvalue weighted by molar-refractivity contribution is 5.58. The van der Waals surface area contributed by atoms with Crippen LogP contribution >= 0.6 is 0 Å². The zero-order valence-corrected chi connectivity index (χ0v) is 15.3. The number of nitrogens with zero attached hydrogens (tertiary/aromatic N) is 2. The van der Waals surface area contributed by atoms with E-state index in [9.17, 15) is 5.11 Å². The van der Waals surface area contributed by atoms with Crippen LogP contribution in [0.15, 0.2) is 42.5 Å². The van der Waals surface area contributed by atoms with Crippen molar-refractivity contribution < 1.29 is 9.84 Å². The van der Waals surface area contributed by atoms with Crippen molar-refractivity contribution in [3.63, 3.8) is 0 Å². The minimum atomic E-state index is -0.331. The second-order valence-electron chi connectivity index (χ2n) is 7.22. The summed E-state index contributed by atoms with van der Waals surface area (Å²) in [6.45, 7) is 3.73. The van der Waals surface area contributed by atoms with Crippen LogP contribution in [-0.2, 0) is 12.8 Å². The third-order valence-electron chi connectivity index (χ3n) is 5.80. The maximum Gasteiger partial charge on any atom is 0.142 e. The molecule has 2 aromatic carbocycles. The summed E-state index contributed by atoms with van der Waals surface area (Å²) < 4.78 is 5.50. The van der Waals surface area contributed by atoms with Crippen LogP contribution < -0.4 is 15.4 Å². The molecule has 0 bridgehead atoms. The Hall–Kier alpha value is -2.24. The van der Waals surface area contributed by atoms with E-state index in [1.807, 2.05) is 24.3 Å². The molecule has 0 spiro atoms. The minimum absolute atomic E-state index is 0.145. The molecule has 5 heteroatoms. The fourth-order valence-electron chi connectivity index (χ4n) is 4.36. The highest BCUT2D eigenvalue weighted by Gasteiger charge is 2.34. The number of aliphatic hydroxyl groups excluding tert-OH is 1. The molecule has 1 saturated heterocycles. The second-order valence-corrected chi connectivity index (χ2v) is 7.22. The van der Waals surface area contributed by atoms with Gasteiger partial charge in [-0.3, -0.25) is 4.90 Å². The summed E-state index contributed by atoms with van der Waals surface area (Å²) >= 11 is 0. The summed E-state index contributed by atoms with van der Waals surface area (Å²) in [5.74, 6) is 0.917. The first kappa shape index (κ1) is 17.2. The van der Waals surface area contributed by atoms with Gasteiger partial charge in [-0.1, -0.05) is 24.3 Å². The van der Waals surface area contributed by atoms with Gasteiger partial charge in [-0.2, -0.15) is 0 Å². The van der Waals surface area contributed by atoms with E-state index in [0.29, 0.717) is 6.42 Å². The third kappa shape index (κ3) is 3.13. The molecule has 2 aromatic rings. The van der Waals surface area contributed by atoms with Gasteiger partial charge in [-0.25, -0.2) is 0 Å². The number of methoxy groups -OCH3 is 1. The zero-order chi connectivity index (χ0) is 18.1. The largest absolute Gasteiger partial charge is 0.495 e. The first-order valence-corrected chi connectivity index (χ1v) is 9.33. The quantitative estimate of drug-likeness (QED) is 0.826. The van der Waals surface area contributed by atoms with Gasteiger partial charge in [0.1, 0.15) is 5.75 Å². The second kappa shape index (κ2) is 7.17. The monoisotopic (exact) mass is 353 g/mol. The molecule has 0 radical (unpaired) electrons. The molecule has 1 aliphatic heterocycles. The molecule has 1 aliphatic carbocycles. The molecule has 0 saturated carbocycles. The van der Waals surface area contributed by atoms with Crippen LogP contribution in [-0.4, -0.2) is 55.4 Å². The number of fused-ring (bicyclic) bond motifs is 1. The summed E-state index contributed by atoms with van der Waals surface area (Å²) in [6, 6.07) is 14.3. The molecule has 138 valence electrons. The van der Waals surface area contributed by atoms with E-state index >= 15 is 0 Å². The van der Waals surface area contributed by atoms with Crippen molar-refractivity contribution in [3.05, 3.63) is 53.6 Å². The fraction of sp³-hybridized carbons (Fsp3) is 0.429. The van der Waals surface area contributed by atoms with E-state index in [-0.39, 0.29) is 12.1 Å². The summed E-state index contributed by atoms with van der Waals surface area (Å²) in [5, 5.41) is 10.7. The lowest BCUT2D eigenvalue weighted by molar-refractivity contribution is 0.0396. The lowest BCUT2D eigenvalue weighted by Gasteiger charge is -2.44. The lowest BCUT2D eigenvalue weighted by Crippen LogP contribution is -2.56. The third-order valence-corrected chi connectivity index (χ3v) is 5.80. The normalized spacial score (nSPS) is 23.5. The van der Waals surface area contributed by atoms with Crippen LogP contribution in [0.3, 0.4) is 0 Å². The molecule has 1 fully saturated rings. The highest BCUT2D eigenvalue weighted by Crippen LogP contribution is 2.32. The van der Waals surface area contributed by atoms with Crippen molar-refractivity contribution in [2.75, 3.05) is 43.9 Å². The van der Waals surface area contributed by atoms with E-state index in [1.54, 1.807) is 7.11 Å². The molecule has 4 rings (SSSR count). The Morgan fingerprint density at radius 1 is 1.00 bits per heavy atom. The molecule has 26 heavy (non-hydrogen) atoms. The summed E-state index contributed by atoms with van der Waals surface area (Å²) in [4.78, 5) is 4.79. The molecule has 0 amide bonds. The van der Waals surface area contributed by atoms with Gasteiger partial charge >= 0.3 is 0 Å². The Balaban J connectivity index is 1.46. The molecule has 0 unspecified atom stereocenters. The predicted molar refractivity (Wildman–Crippen MR) is 105 cm³/mol. The van der Waals surface area contributed by atoms with Gasteiger partial charge in [-0.15, -0.1) is 0 Å². The van der Waals surface area contributed by atoms with E-state index in [1.165, 1.54) is 11.1 Å². The summed E-state index contributed by atoms with van der Waals surface area (Å²) in [6.07, 6.45) is 1.19. The number of anilines is 2. The van der Waals surface area contributed by atoms with Crippen molar-refractivity contribution in [2.24, 2.45) is 0 Å². The topological polar surface area (TPSA) is 62.0 Å². The van der Waals surface area contributed by atoms with E-state index in [4.69, 9.17) is 10.5 Å². The minimum Gasteiger partial charge on any atom is -0.495 e. The number of nitrogen functional groups attached to an aromatic ring is 1. The number of hydrogen-bond acceptors (Lipinski definition) is 5. The molecule has 0 aromatic heterocycles. The molecular formula is C21H27N3O2.